The lowest BCUT2D eigenvalue weighted by atomic mass is 10.1. The zero-order valence-electron chi connectivity index (χ0n) is 12.6. The molecular weight excluding hydrogens is 355 g/mol. The van der Waals surface area contributed by atoms with Gasteiger partial charge in [0.2, 0.25) is 10.0 Å². The van der Waals surface area contributed by atoms with Gasteiger partial charge in [-0.05, 0) is 49.6 Å². The summed E-state index contributed by atoms with van der Waals surface area (Å²) in [4.78, 5) is -0.215. The van der Waals surface area contributed by atoms with Crippen LogP contribution in [0.2, 0.25) is 0 Å². The summed E-state index contributed by atoms with van der Waals surface area (Å²) in [5.74, 6) is 0.154. The number of aliphatic hydroxyl groups is 1. The number of nitrogens with one attached hydrogen (secondary N) is 1. The van der Waals surface area contributed by atoms with Crippen LogP contribution in [0.5, 0.6) is 5.75 Å². The van der Waals surface area contributed by atoms with Crippen LogP contribution in [0.3, 0.4) is 0 Å². The fourth-order valence-corrected chi connectivity index (χ4v) is 3.37. The van der Waals surface area contributed by atoms with Crippen molar-refractivity contribution in [2.75, 3.05) is 18.6 Å². The molecule has 1 rings (SSSR count). The summed E-state index contributed by atoms with van der Waals surface area (Å²) in [5, 5.41) is 10.0. The molecule has 0 bridgehead atoms. The van der Waals surface area contributed by atoms with E-state index in [1.165, 1.54) is 18.7 Å². The molecule has 1 atom stereocenters. The van der Waals surface area contributed by atoms with Crippen molar-refractivity contribution in [3.8, 4) is 5.75 Å². The normalized spacial score (nSPS) is 15.2. The van der Waals surface area contributed by atoms with Crippen LogP contribution in [0.15, 0.2) is 29.2 Å². The Bertz CT molecular complexity index is 601. The molecule has 0 radical (unpaired) electrons. The molecule has 0 fully saturated rings. The van der Waals surface area contributed by atoms with Gasteiger partial charge >= 0.3 is 6.36 Å². The third-order valence-corrected chi connectivity index (χ3v) is 4.88. The zero-order valence-corrected chi connectivity index (χ0v) is 14.2. The average molecular weight is 373 g/mol. The van der Waals surface area contributed by atoms with Crippen molar-refractivity contribution in [1.82, 2.24) is 4.72 Å². The number of thioether (sulfide) groups is 1. The number of hydrogen-bond acceptors (Lipinski definition) is 5. The molecule has 0 aromatic heterocycles. The molecule has 0 aliphatic carbocycles. The molecule has 0 unspecified atom stereocenters. The zero-order chi connectivity index (χ0) is 17.7. The average Bonchev–Trinajstić information content (AvgIpc) is 2.42. The standard InChI is InChI=1S/C13H18F3NO4S2/c1-12(18,7-8-22-2)9-17-23(19,20)11-5-3-10(4-6-11)21-13(14,15)16/h3-6,17-18H,7-9H2,1-2H3/t12-/m1/s1. The largest absolute Gasteiger partial charge is 0.573 e. The topological polar surface area (TPSA) is 75.6 Å². The Morgan fingerprint density at radius 1 is 1.26 bits per heavy atom. The van der Waals surface area contributed by atoms with Crippen molar-refractivity contribution < 1.29 is 31.4 Å². The Morgan fingerprint density at radius 2 is 1.83 bits per heavy atom. The van der Waals surface area contributed by atoms with Crippen molar-refractivity contribution in [2.45, 2.75) is 30.2 Å². The highest BCUT2D eigenvalue weighted by Gasteiger charge is 2.31. The summed E-state index contributed by atoms with van der Waals surface area (Å²) >= 11 is 1.52. The molecule has 0 saturated heterocycles. The molecule has 10 heteroatoms. The van der Waals surface area contributed by atoms with E-state index in [4.69, 9.17) is 0 Å². The van der Waals surface area contributed by atoms with E-state index < -0.39 is 27.7 Å². The Balaban J connectivity index is 2.73. The fraction of sp³-hybridized carbons (Fsp3) is 0.538. The van der Waals surface area contributed by atoms with E-state index in [2.05, 4.69) is 9.46 Å². The monoisotopic (exact) mass is 373 g/mol. The number of benzene rings is 1. The van der Waals surface area contributed by atoms with Gasteiger partial charge in [-0.2, -0.15) is 11.8 Å². The molecule has 5 nitrogen and oxygen atoms in total. The van der Waals surface area contributed by atoms with Crippen molar-refractivity contribution in [3.05, 3.63) is 24.3 Å². The van der Waals surface area contributed by atoms with E-state index in [0.717, 1.165) is 24.3 Å². The first kappa shape index (κ1) is 20.1. The maximum absolute atomic E-state index is 12.1. The van der Waals surface area contributed by atoms with E-state index in [1.807, 2.05) is 6.26 Å². The summed E-state index contributed by atoms with van der Waals surface area (Å²) < 4.78 is 66.2. The van der Waals surface area contributed by atoms with Crippen LogP contribution in [0, 0.1) is 0 Å². The van der Waals surface area contributed by atoms with Gasteiger partial charge in [0.05, 0.1) is 10.5 Å². The van der Waals surface area contributed by atoms with Crippen molar-refractivity contribution >= 4 is 21.8 Å². The Hall–Kier alpha value is -0.970. The van der Waals surface area contributed by atoms with E-state index in [9.17, 15) is 26.7 Å². The quantitative estimate of drug-likeness (QED) is 0.732. The van der Waals surface area contributed by atoms with Gasteiger partial charge in [0.15, 0.2) is 0 Å². The molecule has 0 saturated carbocycles. The van der Waals surface area contributed by atoms with Crippen LogP contribution in [0.25, 0.3) is 0 Å². The minimum absolute atomic E-state index is 0.198. The van der Waals surface area contributed by atoms with Gasteiger partial charge in [0, 0.05) is 6.54 Å². The predicted molar refractivity (Wildman–Crippen MR) is 81.9 cm³/mol. The lowest BCUT2D eigenvalue weighted by Crippen LogP contribution is -2.41. The first-order valence-corrected chi connectivity index (χ1v) is 9.40. The highest BCUT2D eigenvalue weighted by atomic mass is 32.2. The highest BCUT2D eigenvalue weighted by Crippen LogP contribution is 2.24. The number of sulfonamides is 1. The molecule has 0 amide bonds. The van der Waals surface area contributed by atoms with Crippen molar-refractivity contribution in [3.63, 3.8) is 0 Å². The molecule has 0 heterocycles. The first-order valence-electron chi connectivity index (χ1n) is 6.52. The third-order valence-electron chi connectivity index (χ3n) is 2.86. The lowest BCUT2D eigenvalue weighted by Gasteiger charge is -2.23. The Kier molecular flexibility index (Phi) is 6.75. The summed E-state index contributed by atoms with van der Waals surface area (Å²) in [6.45, 7) is 1.31. The van der Waals surface area contributed by atoms with Gasteiger partial charge in [-0.3, -0.25) is 0 Å². The molecule has 0 aliphatic heterocycles. The fourth-order valence-electron chi connectivity index (χ4n) is 1.56. The van der Waals surface area contributed by atoms with Crippen LogP contribution in [0.1, 0.15) is 13.3 Å². The van der Waals surface area contributed by atoms with Crippen LogP contribution in [-0.2, 0) is 10.0 Å². The Morgan fingerprint density at radius 3 is 2.30 bits per heavy atom. The summed E-state index contributed by atoms with van der Waals surface area (Å²) in [6.07, 6.45) is -2.57. The van der Waals surface area contributed by atoms with Gasteiger partial charge in [-0.15, -0.1) is 13.2 Å². The lowest BCUT2D eigenvalue weighted by molar-refractivity contribution is -0.274. The van der Waals surface area contributed by atoms with Crippen molar-refractivity contribution in [1.29, 1.82) is 0 Å². The summed E-state index contributed by atoms with van der Waals surface area (Å²) in [7, 11) is -3.93. The van der Waals surface area contributed by atoms with Gasteiger partial charge < -0.3 is 9.84 Å². The number of hydrogen-bond donors (Lipinski definition) is 2. The molecule has 2 N–H and O–H groups in total. The molecule has 1 aromatic rings. The van der Waals surface area contributed by atoms with Gasteiger partial charge in [-0.25, -0.2) is 13.1 Å². The van der Waals surface area contributed by atoms with E-state index in [0.29, 0.717) is 12.2 Å². The second-order valence-corrected chi connectivity index (χ2v) is 7.84. The molecular formula is C13H18F3NO4S2. The maximum atomic E-state index is 12.1. The molecule has 132 valence electrons. The molecule has 1 aromatic carbocycles. The number of rotatable bonds is 8. The summed E-state index contributed by atoms with van der Waals surface area (Å²) in [5.41, 5.74) is -1.21. The smallest absolute Gasteiger partial charge is 0.406 e. The van der Waals surface area contributed by atoms with Gasteiger partial charge in [0.1, 0.15) is 5.75 Å². The number of alkyl halides is 3. The minimum Gasteiger partial charge on any atom is -0.406 e. The molecule has 0 aliphatic rings. The SMILES string of the molecule is CSCC[C@@](C)(O)CNS(=O)(=O)c1ccc(OC(F)(F)F)cc1. The van der Waals surface area contributed by atoms with Gasteiger partial charge in [0.25, 0.3) is 0 Å². The van der Waals surface area contributed by atoms with E-state index in [1.54, 1.807) is 0 Å². The highest BCUT2D eigenvalue weighted by molar-refractivity contribution is 7.98. The van der Waals surface area contributed by atoms with Gasteiger partial charge in [-0.1, -0.05) is 0 Å². The van der Waals surface area contributed by atoms with E-state index >= 15 is 0 Å². The predicted octanol–water partition coefficient (Wildman–Crippen LogP) is 2.37. The van der Waals surface area contributed by atoms with Crippen LogP contribution >= 0.6 is 11.8 Å². The third kappa shape index (κ3) is 7.42. The molecule has 23 heavy (non-hydrogen) atoms. The second-order valence-electron chi connectivity index (χ2n) is 5.08. The first-order chi connectivity index (χ1) is 10.5. The maximum Gasteiger partial charge on any atom is 0.573 e. The second kappa shape index (κ2) is 7.73. The Labute approximate surface area is 137 Å². The minimum atomic E-state index is -4.84. The number of halogens is 3. The summed E-state index contributed by atoms with van der Waals surface area (Å²) in [6, 6.07) is 3.82. The van der Waals surface area contributed by atoms with E-state index in [-0.39, 0.29) is 11.4 Å². The van der Waals surface area contributed by atoms with Crippen LogP contribution in [0.4, 0.5) is 13.2 Å². The molecule has 0 spiro atoms. The van der Waals surface area contributed by atoms with Crippen LogP contribution in [-0.4, -0.2) is 44.0 Å². The van der Waals surface area contributed by atoms with Crippen molar-refractivity contribution in [2.24, 2.45) is 0 Å². The van der Waals surface area contributed by atoms with Crippen LogP contribution < -0.4 is 9.46 Å². The number of ether oxygens (including phenoxy) is 1.